The van der Waals surface area contributed by atoms with Gasteiger partial charge in [-0.15, -0.1) is 5.10 Å². The van der Waals surface area contributed by atoms with Crippen molar-refractivity contribution in [2.45, 2.75) is 19.0 Å². The van der Waals surface area contributed by atoms with Crippen molar-refractivity contribution in [3.05, 3.63) is 88.6 Å². The van der Waals surface area contributed by atoms with Crippen LogP contribution in [-0.4, -0.2) is 38.7 Å². The fourth-order valence-electron chi connectivity index (χ4n) is 3.73. The summed E-state index contributed by atoms with van der Waals surface area (Å²) in [4.78, 5) is 26.0. The third kappa shape index (κ3) is 3.53. The van der Waals surface area contributed by atoms with Crippen LogP contribution in [0.2, 0.25) is 0 Å². The second kappa shape index (κ2) is 8.10. The van der Waals surface area contributed by atoms with Crippen LogP contribution in [0.15, 0.2) is 81.2 Å². The van der Waals surface area contributed by atoms with E-state index in [-0.39, 0.29) is 18.0 Å². The van der Waals surface area contributed by atoms with Crippen LogP contribution in [0.5, 0.6) is 5.75 Å². The molecular weight excluding hydrogens is 410 g/mol. The third-order valence-electron chi connectivity index (χ3n) is 5.38. The second-order valence-corrected chi connectivity index (χ2v) is 7.32. The van der Waals surface area contributed by atoms with Gasteiger partial charge in [0.15, 0.2) is 0 Å². The lowest BCUT2D eigenvalue weighted by Gasteiger charge is -2.19. The summed E-state index contributed by atoms with van der Waals surface area (Å²) < 4.78 is 11.8. The summed E-state index contributed by atoms with van der Waals surface area (Å²) >= 11 is 0. The number of nitrogens with zero attached hydrogens (tertiary/aromatic N) is 5. The van der Waals surface area contributed by atoms with Crippen LogP contribution >= 0.6 is 0 Å². The Balaban J connectivity index is 1.47. The molecule has 1 unspecified atom stereocenters. The van der Waals surface area contributed by atoms with Crippen molar-refractivity contribution in [1.29, 1.82) is 0 Å². The number of hydrogen-bond donors (Lipinski definition) is 0. The van der Waals surface area contributed by atoms with E-state index < -0.39 is 6.04 Å². The molecule has 1 aliphatic rings. The lowest BCUT2D eigenvalue weighted by molar-refractivity contribution is -0.134. The van der Waals surface area contributed by atoms with Crippen LogP contribution in [-0.2, 0) is 11.3 Å². The zero-order chi connectivity index (χ0) is 22.1. The summed E-state index contributed by atoms with van der Waals surface area (Å²) in [6, 6.07) is 17.5. The first-order chi connectivity index (χ1) is 15.6. The molecule has 0 spiro atoms. The molecule has 0 fully saturated rings. The van der Waals surface area contributed by atoms with Crippen molar-refractivity contribution in [1.82, 2.24) is 20.0 Å². The maximum atomic E-state index is 13.2. The fourth-order valence-corrected chi connectivity index (χ4v) is 3.73. The molecule has 1 aliphatic heterocycles. The number of carbonyl (C=O) groups excluding carboxylic acids is 1. The Morgan fingerprint density at radius 1 is 1.12 bits per heavy atom. The Labute approximate surface area is 182 Å². The smallest absolute Gasteiger partial charge is 0.278 e. The van der Waals surface area contributed by atoms with Crippen molar-refractivity contribution >= 4 is 22.5 Å². The molecule has 4 aromatic rings. The normalized spacial score (nSPS) is 15.7. The summed E-state index contributed by atoms with van der Waals surface area (Å²) in [5, 5.41) is 14.3. The zero-order valence-electron chi connectivity index (χ0n) is 17.2. The Hall–Kier alpha value is -4.27. The molecule has 32 heavy (non-hydrogen) atoms. The van der Waals surface area contributed by atoms with E-state index in [2.05, 4.69) is 15.4 Å². The minimum Gasteiger partial charge on any atom is -0.497 e. The molecule has 5 rings (SSSR count). The second-order valence-electron chi connectivity index (χ2n) is 7.32. The number of hydrogen-bond acceptors (Lipinski definition) is 7. The molecule has 0 aliphatic carbocycles. The van der Waals surface area contributed by atoms with Crippen LogP contribution < -0.4 is 10.3 Å². The van der Waals surface area contributed by atoms with Crippen molar-refractivity contribution < 1.29 is 13.9 Å². The Morgan fingerprint density at radius 2 is 1.94 bits per heavy atom. The topological polar surface area (TPSA) is 103 Å². The molecule has 0 N–H and O–H groups in total. The first-order valence-electron chi connectivity index (χ1n) is 10.0. The number of benzene rings is 2. The van der Waals surface area contributed by atoms with Crippen LogP contribution in [0.1, 0.15) is 23.8 Å². The molecule has 2 aromatic carbocycles. The van der Waals surface area contributed by atoms with Gasteiger partial charge in [0.2, 0.25) is 0 Å². The average molecular weight is 429 g/mol. The van der Waals surface area contributed by atoms with Gasteiger partial charge in [0, 0.05) is 6.42 Å². The molecule has 1 amide bonds. The van der Waals surface area contributed by atoms with Crippen LogP contribution in [0.4, 0.5) is 0 Å². The number of furan rings is 1. The van der Waals surface area contributed by atoms with E-state index in [1.54, 1.807) is 49.8 Å². The van der Waals surface area contributed by atoms with Gasteiger partial charge in [0.25, 0.3) is 11.5 Å². The lowest BCUT2D eigenvalue weighted by atomic mass is 10.0. The monoisotopic (exact) mass is 429 g/mol. The van der Waals surface area contributed by atoms with E-state index in [9.17, 15) is 9.59 Å². The van der Waals surface area contributed by atoms with Gasteiger partial charge in [-0.25, -0.2) is 9.69 Å². The molecule has 9 nitrogen and oxygen atoms in total. The van der Waals surface area contributed by atoms with Gasteiger partial charge in [-0.2, -0.15) is 5.10 Å². The summed E-state index contributed by atoms with van der Waals surface area (Å²) in [6.07, 6.45) is 2.03. The van der Waals surface area contributed by atoms with Crippen LogP contribution in [0.25, 0.3) is 10.9 Å². The van der Waals surface area contributed by atoms with Crippen LogP contribution in [0.3, 0.4) is 0 Å². The summed E-state index contributed by atoms with van der Waals surface area (Å²) in [7, 11) is 1.60. The van der Waals surface area contributed by atoms with Gasteiger partial charge in [-0.3, -0.25) is 9.59 Å². The fraction of sp³-hybridized carbons (Fsp3) is 0.174. The van der Waals surface area contributed by atoms with Gasteiger partial charge in [-0.05, 0) is 54.1 Å². The standard InChI is InChI=1S/C23H19N5O4/c1-31-16-10-8-15(9-11-16)19-13-20(21-7-4-12-32-21)28(25-19)22(29)14-27-23(30)17-5-2-3-6-18(17)24-26-27/h2-12,20H,13-14H2,1H3. The van der Waals surface area contributed by atoms with E-state index in [4.69, 9.17) is 9.15 Å². The predicted octanol–water partition coefficient (Wildman–Crippen LogP) is 2.77. The Morgan fingerprint density at radius 3 is 2.69 bits per heavy atom. The van der Waals surface area contributed by atoms with Crippen molar-refractivity contribution in [2.75, 3.05) is 7.11 Å². The highest BCUT2D eigenvalue weighted by atomic mass is 16.5. The number of ether oxygens (including phenoxy) is 1. The number of amides is 1. The molecule has 0 bridgehead atoms. The molecule has 0 saturated carbocycles. The van der Waals surface area contributed by atoms with E-state index in [1.165, 1.54) is 5.01 Å². The highest BCUT2D eigenvalue weighted by Crippen LogP contribution is 2.33. The number of aromatic nitrogens is 3. The van der Waals surface area contributed by atoms with Gasteiger partial charge >= 0.3 is 0 Å². The molecule has 0 radical (unpaired) electrons. The Bertz CT molecular complexity index is 1360. The van der Waals surface area contributed by atoms with Gasteiger partial charge in [0.05, 0.1) is 24.5 Å². The number of fused-ring (bicyclic) bond motifs is 1. The number of rotatable bonds is 5. The summed E-state index contributed by atoms with van der Waals surface area (Å²) in [6.45, 7) is -0.284. The largest absolute Gasteiger partial charge is 0.497 e. The maximum Gasteiger partial charge on any atom is 0.278 e. The molecule has 160 valence electrons. The maximum absolute atomic E-state index is 13.2. The van der Waals surface area contributed by atoms with Gasteiger partial charge < -0.3 is 9.15 Å². The quantitative estimate of drug-likeness (QED) is 0.483. The number of carbonyl (C=O) groups is 1. The zero-order valence-corrected chi connectivity index (χ0v) is 17.2. The molecular formula is C23H19N5O4. The predicted molar refractivity (Wildman–Crippen MR) is 116 cm³/mol. The lowest BCUT2D eigenvalue weighted by Crippen LogP contribution is -2.35. The van der Waals surface area contributed by atoms with Crippen molar-refractivity contribution in [3.63, 3.8) is 0 Å². The summed E-state index contributed by atoms with van der Waals surface area (Å²) in [5.41, 5.74) is 1.72. The number of hydrazone groups is 1. The molecule has 9 heteroatoms. The number of methoxy groups -OCH3 is 1. The summed E-state index contributed by atoms with van der Waals surface area (Å²) in [5.74, 6) is 0.960. The molecule has 2 aromatic heterocycles. The van der Waals surface area contributed by atoms with E-state index in [0.717, 1.165) is 21.7 Å². The molecule has 0 saturated heterocycles. The average Bonchev–Trinajstić information content (AvgIpc) is 3.51. The van der Waals surface area contributed by atoms with Crippen LogP contribution in [0, 0.1) is 0 Å². The van der Waals surface area contributed by atoms with Crippen molar-refractivity contribution in [3.8, 4) is 5.75 Å². The molecule has 1 atom stereocenters. The van der Waals surface area contributed by atoms with Gasteiger partial charge in [0.1, 0.15) is 29.6 Å². The van der Waals surface area contributed by atoms with E-state index in [1.807, 2.05) is 24.3 Å². The molecule has 3 heterocycles. The van der Waals surface area contributed by atoms with Gasteiger partial charge in [-0.1, -0.05) is 17.3 Å². The minimum atomic E-state index is -0.418. The highest BCUT2D eigenvalue weighted by Gasteiger charge is 2.35. The van der Waals surface area contributed by atoms with Crippen molar-refractivity contribution in [2.24, 2.45) is 5.10 Å². The third-order valence-corrected chi connectivity index (χ3v) is 5.38. The first-order valence-corrected chi connectivity index (χ1v) is 10.0. The Kier molecular flexibility index (Phi) is 4.98. The SMILES string of the molecule is COc1ccc(C2=NN(C(=O)Cn3nnc4ccccc4c3=O)C(c3ccco3)C2)cc1. The van der Waals surface area contributed by atoms with E-state index in [0.29, 0.717) is 23.1 Å². The van der Waals surface area contributed by atoms with E-state index >= 15 is 0 Å². The highest BCUT2D eigenvalue weighted by molar-refractivity contribution is 6.03. The minimum absolute atomic E-state index is 0.284. The first kappa shape index (κ1) is 19.7.